The first-order valence-corrected chi connectivity index (χ1v) is 6.65. The molecule has 5 nitrogen and oxygen atoms in total. The Kier molecular flexibility index (Phi) is 3.30. The zero-order valence-corrected chi connectivity index (χ0v) is 10.5. The average Bonchev–Trinajstić information content (AvgIpc) is 2.35. The highest BCUT2D eigenvalue weighted by molar-refractivity contribution is 7.87. The molecule has 0 aliphatic rings. The van der Waals surface area contributed by atoms with Crippen molar-refractivity contribution in [2.75, 3.05) is 11.5 Å². The van der Waals surface area contributed by atoms with Crippen LogP contribution < -0.4 is 15.7 Å². The van der Waals surface area contributed by atoms with Crippen molar-refractivity contribution in [2.45, 2.75) is 4.90 Å². The van der Waals surface area contributed by atoms with Gasteiger partial charge in [0.25, 0.3) is 0 Å². The van der Waals surface area contributed by atoms with Crippen LogP contribution in [0.1, 0.15) is 0 Å². The molecule has 0 spiro atoms. The SMILES string of the molecule is Nc1cccc(OS(=O)(=O)c2ccc(F)cc2)c1N. The summed E-state index contributed by atoms with van der Waals surface area (Å²) in [6.45, 7) is 0. The van der Waals surface area contributed by atoms with Crippen LogP contribution >= 0.6 is 0 Å². The van der Waals surface area contributed by atoms with E-state index in [2.05, 4.69) is 0 Å². The topological polar surface area (TPSA) is 95.4 Å². The molecule has 4 N–H and O–H groups in total. The Bertz CT molecular complexity index is 699. The summed E-state index contributed by atoms with van der Waals surface area (Å²) in [6, 6.07) is 8.68. The number of hydrogen-bond donors (Lipinski definition) is 2. The molecule has 0 aliphatic heterocycles. The lowest BCUT2D eigenvalue weighted by Gasteiger charge is -2.10. The number of anilines is 2. The molecule has 19 heavy (non-hydrogen) atoms. The van der Waals surface area contributed by atoms with Gasteiger partial charge >= 0.3 is 10.1 Å². The number of halogens is 1. The molecule has 0 aromatic heterocycles. The highest BCUT2D eigenvalue weighted by Gasteiger charge is 2.18. The van der Waals surface area contributed by atoms with Gasteiger partial charge in [0.1, 0.15) is 10.7 Å². The van der Waals surface area contributed by atoms with E-state index in [1.807, 2.05) is 0 Å². The lowest BCUT2D eigenvalue weighted by Crippen LogP contribution is -2.11. The number of nitrogens with two attached hydrogens (primary N) is 2. The van der Waals surface area contributed by atoms with Crippen molar-refractivity contribution >= 4 is 21.5 Å². The Balaban J connectivity index is 2.36. The number of nitrogen functional groups attached to an aromatic ring is 2. The van der Waals surface area contributed by atoms with Crippen molar-refractivity contribution in [3.63, 3.8) is 0 Å². The van der Waals surface area contributed by atoms with Crippen molar-refractivity contribution in [2.24, 2.45) is 0 Å². The molecule has 2 aromatic rings. The van der Waals surface area contributed by atoms with E-state index in [4.69, 9.17) is 15.7 Å². The van der Waals surface area contributed by atoms with E-state index < -0.39 is 15.9 Å². The monoisotopic (exact) mass is 282 g/mol. The van der Waals surface area contributed by atoms with Crippen LogP contribution in [0.3, 0.4) is 0 Å². The minimum absolute atomic E-state index is 0.0354. The van der Waals surface area contributed by atoms with E-state index in [-0.39, 0.29) is 22.0 Å². The maximum atomic E-state index is 12.7. The minimum atomic E-state index is -4.07. The minimum Gasteiger partial charge on any atom is -0.397 e. The Morgan fingerprint density at radius 3 is 2.26 bits per heavy atom. The van der Waals surface area contributed by atoms with Crippen molar-refractivity contribution in [1.82, 2.24) is 0 Å². The summed E-state index contributed by atoms with van der Waals surface area (Å²) in [6.07, 6.45) is 0. The standard InChI is InChI=1S/C12H11FN2O3S/c13-8-4-6-9(7-5-8)19(16,17)18-11-3-1-2-10(14)12(11)15/h1-7H,14-15H2. The maximum absolute atomic E-state index is 12.7. The summed E-state index contributed by atoms with van der Waals surface area (Å²) in [5.74, 6) is -0.605. The second-order valence-corrected chi connectivity index (χ2v) is 5.30. The molecular formula is C12H11FN2O3S. The van der Waals surface area contributed by atoms with E-state index in [1.165, 1.54) is 18.2 Å². The molecule has 7 heteroatoms. The third-order valence-electron chi connectivity index (χ3n) is 2.40. The summed E-state index contributed by atoms with van der Waals surface area (Å²) in [5, 5.41) is 0. The van der Waals surface area contributed by atoms with Crippen LogP contribution in [-0.2, 0) is 10.1 Å². The molecule has 0 atom stereocenters. The summed E-state index contributed by atoms with van der Waals surface area (Å²) < 4.78 is 41.5. The second-order valence-electron chi connectivity index (χ2n) is 3.75. The number of benzene rings is 2. The molecule has 0 saturated heterocycles. The lowest BCUT2D eigenvalue weighted by atomic mass is 10.2. The van der Waals surface area contributed by atoms with Gasteiger partial charge < -0.3 is 15.7 Å². The molecule has 0 aliphatic carbocycles. The normalized spacial score (nSPS) is 11.2. The van der Waals surface area contributed by atoms with E-state index in [0.29, 0.717) is 0 Å². The van der Waals surface area contributed by atoms with Crippen LogP contribution in [0.4, 0.5) is 15.8 Å². The van der Waals surface area contributed by atoms with Gasteiger partial charge in [-0.15, -0.1) is 0 Å². The first-order valence-electron chi connectivity index (χ1n) is 5.24. The largest absolute Gasteiger partial charge is 0.397 e. The van der Waals surface area contributed by atoms with Crippen LogP contribution in [0.25, 0.3) is 0 Å². The third-order valence-corrected chi connectivity index (χ3v) is 3.65. The molecule has 0 saturated carbocycles. The van der Waals surface area contributed by atoms with Gasteiger partial charge in [0, 0.05) is 0 Å². The Labute approximate surface area is 109 Å². The van der Waals surface area contributed by atoms with Gasteiger partial charge in [-0.2, -0.15) is 8.42 Å². The first kappa shape index (κ1) is 13.2. The second kappa shape index (κ2) is 4.77. The molecule has 0 heterocycles. The predicted molar refractivity (Wildman–Crippen MR) is 69.5 cm³/mol. The average molecular weight is 282 g/mol. The van der Waals surface area contributed by atoms with Gasteiger partial charge in [0.15, 0.2) is 5.75 Å². The molecule has 0 radical (unpaired) electrons. The van der Waals surface area contributed by atoms with E-state index in [9.17, 15) is 12.8 Å². The van der Waals surface area contributed by atoms with Gasteiger partial charge in [-0.3, -0.25) is 0 Å². The lowest BCUT2D eigenvalue weighted by molar-refractivity contribution is 0.487. The Hall–Kier alpha value is -2.28. The molecule has 0 unspecified atom stereocenters. The van der Waals surface area contributed by atoms with Gasteiger partial charge in [-0.05, 0) is 36.4 Å². The highest BCUT2D eigenvalue weighted by atomic mass is 32.2. The van der Waals surface area contributed by atoms with Crippen LogP contribution in [0.2, 0.25) is 0 Å². The molecule has 2 rings (SSSR count). The molecular weight excluding hydrogens is 271 g/mol. The maximum Gasteiger partial charge on any atom is 0.339 e. The quantitative estimate of drug-likeness (QED) is 0.660. The van der Waals surface area contributed by atoms with Gasteiger partial charge in [-0.1, -0.05) is 6.07 Å². The van der Waals surface area contributed by atoms with E-state index in [0.717, 1.165) is 24.3 Å². The van der Waals surface area contributed by atoms with Crippen molar-refractivity contribution in [3.05, 3.63) is 48.3 Å². The fourth-order valence-corrected chi connectivity index (χ4v) is 2.35. The van der Waals surface area contributed by atoms with Crippen LogP contribution in [0.15, 0.2) is 47.4 Å². The molecule has 100 valence electrons. The predicted octanol–water partition coefficient (Wildman–Crippen LogP) is 1.76. The number of rotatable bonds is 3. The molecule has 0 fully saturated rings. The molecule has 2 aromatic carbocycles. The van der Waals surface area contributed by atoms with Gasteiger partial charge in [-0.25, -0.2) is 4.39 Å². The zero-order chi connectivity index (χ0) is 14.0. The fourth-order valence-electron chi connectivity index (χ4n) is 1.40. The van der Waals surface area contributed by atoms with Crippen LogP contribution in [0.5, 0.6) is 5.75 Å². The Morgan fingerprint density at radius 1 is 1.00 bits per heavy atom. The molecule has 0 amide bonds. The summed E-state index contributed by atoms with van der Waals surface area (Å²) in [4.78, 5) is -0.171. The van der Waals surface area contributed by atoms with Crippen molar-refractivity contribution < 1.29 is 17.0 Å². The summed E-state index contributed by atoms with van der Waals surface area (Å²) in [7, 11) is -4.07. The number of hydrogen-bond acceptors (Lipinski definition) is 5. The van der Waals surface area contributed by atoms with Crippen LogP contribution in [0, 0.1) is 5.82 Å². The molecule has 0 bridgehead atoms. The zero-order valence-electron chi connectivity index (χ0n) is 9.71. The number of para-hydroxylation sites is 1. The third kappa shape index (κ3) is 2.76. The summed E-state index contributed by atoms with van der Waals surface area (Å²) >= 11 is 0. The van der Waals surface area contributed by atoms with Gasteiger partial charge in [0.05, 0.1) is 11.4 Å². The van der Waals surface area contributed by atoms with E-state index in [1.54, 1.807) is 0 Å². The van der Waals surface area contributed by atoms with Gasteiger partial charge in [0.2, 0.25) is 0 Å². The smallest absolute Gasteiger partial charge is 0.339 e. The Morgan fingerprint density at radius 2 is 1.63 bits per heavy atom. The summed E-state index contributed by atoms with van der Waals surface area (Å²) in [5.41, 5.74) is 11.4. The van der Waals surface area contributed by atoms with Crippen molar-refractivity contribution in [1.29, 1.82) is 0 Å². The fraction of sp³-hybridized carbons (Fsp3) is 0. The first-order chi connectivity index (χ1) is 8.90. The van der Waals surface area contributed by atoms with E-state index >= 15 is 0 Å². The highest BCUT2D eigenvalue weighted by Crippen LogP contribution is 2.29. The van der Waals surface area contributed by atoms with Crippen molar-refractivity contribution in [3.8, 4) is 5.75 Å². The van der Waals surface area contributed by atoms with Crippen LogP contribution in [-0.4, -0.2) is 8.42 Å².